The summed E-state index contributed by atoms with van der Waals surface area (Å²) in [5.41, 5.74) is 1.14. The summed E-state index contributed by atoms with van der Waals surface area (Å²) in [6.45, 7) is 2.96. The minimum atomic E-state index is -0.251. The van der Waals surface area contributed by atoms with Crippen molar-refractivity contribution in [3.8, 4) is 5.75 Å². The highest BCUT2D eigenvalue weighted by Gasteiger charge is 2.25. The average molecular weight is 277 g/mol. The van der Waals surface area contributed by atoms with Crippen molar-refractivity contribution in [2.24, 2.45) is 5.92 Å². The van der Waals surface area contributed by atoms with Gasteiger partial charge >= 0.3 is 0 Å². The zero-order valence-electron chi connectivity index (χ0n) is 12.0. The summed E-state index contributed by atoms with van der Waals surface area (Å²) in [4.78, 5) is 11.7. The van der Waals surface area contributed by atoms with Gasteiger partial charge in [0, 0.05) is 12.5 Å². The first-order valence-corrected chi connectivity index (χ1v) is 7.29. The fourth-order valence-corrected chi connectivity index (χ4v) is 2.56. The minimum absolute atomic E-state index is 0.0169. The van der Waals surface area contributed by atoms with E-state index in [0.29, 0.717) is 19.6 Å². The molecule has 0 spiro atoms. The number of aliphatic hydroxyl groups is 1. The van der Waals surface area contributed by atoms with E-state index in [1.54, 1.807) is 0 Å². The molecule has 0 saturated heterocycles. The molecule has 4 heteroatoms. The van der Waals surface area contributed by atoms with Gasteiger partial charge in [0.05, 0.1) is 19.1 Å². The van der Waals surface area contributed by atoms with Crippen molar-refractivity contribution in [2.75, 3.05) is 13.2 Å². The van der Waals surface area contributed by atoms with E-state index in [9.17, 15) is 9.90 Å². The lowest BCUT2D eigenvalue weighted by molar-refractivity contribution is -0.121. The van der Waals surface area contributed by atoms with E-state index in [1.807, 2.05) is 31.2 Å². The number of rotatable bonds is 6. The molecule has 2 rings (SSSR count). The molecule has 1 aliphatic carbocycles. The van der Waals surface area contributed by atoms with Crippen LogP contribution in [-0.4, -0.2) is 30.3 Å². The van der Waals surface area contributed by atoms with Crippen molar-refractivity contribution in [3.63, 3.8) is 0 Å². The van der Waals surface area contributed by atoms with Crippen LogP contribution in [0.5, 0.6) is 5.75 Å². The number of hydrogen-bond acceptors (Lipinski definition) is 3. The lowest BCUT2D eigenvalue weighted by atomic mass is 10.1. The molecule has 1 aliphatic rings. The Morgan fingerprint density at radius 2 is 2.30 bits per heavy atom. The molecule has 0 bridgehead atoms. The average Bonchev–Trinajstić information content (AvgIpc) is 2.82. The number of benzene rings is 1. The Hall–Kier alpha value is -1.55. The second-order valence-electron chi connectivity index (χ2n) is 5.48. The highest BCUT2D eigenvalue weighted by atomic mass is 16.5. The van der Waals surface area contributed by atoms with Crippen LogP contribution in [0.1, 0.15) is 31.2 Å². The first kappa shape index (κ1) is 14.9. The Labute approximate surface area is 120 Å². The molecule has 1 saturated carbocycles. The quantitative estimate of drug-likeness (QED) is 0.836. The van der Waals surface area contributed by atoms with Crippen molar-refractivity contribution < 1.29 is 14.6 Å². The monoisotopic (exact) mass is 277 g/mol. The summed E-state index contributed by atoms with van der Waals surface area (Å²) < 4.78 is 5.54. The van der Waals surface area contributed by atoms with E-state index in [2.05, 4.69) is 5.32 Å². The standard InChI is InChI=1S/C16H23NO3/c1-12-4-2-6-14(10-12)20-9-8-16(19)17-11-13-5-3-7-15(13)18/h2,4,6,10,13,15,18H,3,5,7-9,11H2,1H3,(H,17,19). The second-order valence-corrected chi connectivity index (χ2v) is 5.48. The van der Waals surface area contributed by atoms with Gasteiger partial charge in [0.25, 0.3) is 0 Å². The van der Waals surface area contributed by atoms with Crippen LogP contribution in [0.3, 0.4) is 0 Å². The number of ether oxygens (including phenoxy) is 1. The summed E-state index contributed by atoms with van der Waals surface area (Å²) in [6, 6.07) is 7.78. The van der Waals surface area contributed by atoms with Crippen molar-refractivity contribution in [1.29, 1.82) is 0 Å². The molecule has 4 nitrogen and oxygen atoms in total. The molecule has 2 atom stereocenters. The van der Waals surface area contributed by atoms with Crippen LogP contribution < -0.4 is 10.1 Å². The van der Waals surface area contributed by atoms with Gasteiger partial charge in [-0.25, -0.2) is 0 Å². The maximum Gasteiger partial charge on any atom is 0.223 e. The Morgan fingerprint density at radius 3 is 3.00 bits per heavy atom. The second kappa shape index (κ2) is 7.29. The molecular formula is C16H23NO3. The lowest BCUT2D eigenvalue weighted by Gasteiger charge is -2.15. The van der Waals surface area contributed by atoms with Crippen LogP contribution >= 0.6 is 0 Å². The number of amides is 1. The van der Waals surface area contributed by atoms with Gasteiger partial charge in [0.2, 0.25) is 5.91 Å². The minimum Gasteiger partial charge on any atom is -0.493 e. The zero-order chi connectivity index (χ0) is 14.4. The summed E-state index contributed by atoms with van der Waals surface area (Å²) in [5.74, 6) is 0.998. The van der Waals surface area contributed by atoms with Crippen molar-refractivity contribution in [2.45, 2.75) is 38.7 Å². The van der Waals surface area contributed by atoms with E-state index in [0.717, 1.165) is 30.6 Å². The van der Waals surface area contributed by atoms with Gasteiger partial charge in [-0.15, -0.1) is 0 Å². The molecule has 110 valence electrons. The Morgan fingerprint density at radius 1 is 1.45 bits per heavy atom. The summed E-state index contributed by atoms with van der Waals surface area (Å²) in [5, 5.41) is 12.6. The Kier molecular flexibility index (Phi) is 5.41. The molecule has 2 unspecified atom stereocenters. The van der Waals surface area contributed by atoms with Crippen molar-refractivity contribution in [1.82, 2.24) is 5.32 Å². The molecular weight excluding hydrogens is 254 g/mol. The maximum atomic E-state index is 11.7. The lowest BCUT2D eigenvalue weighted by Crippen LogP contribution is -2.33. The molecule has 1 amide bonds. The molecule has 1 aromatic carbocycles. The zero-order valence-corrected chi connectivity index (χ0v) is 12.0. The fraction of sp³-hybridized carbons (Fsp3) is 0.562. The van der Waals surface area contributed by atoms with Crippen LogP contribution in [-0.2, 0) is 4.79 Å². The van der Waals surface area contributed by atoms with Crippen LogP contribution in [0.15, 0.2) is 24.3 Å². The van der Waals surface area contributed by atoms with Crippen molar-refractivity contribution in [3.05, 3.63) is 29.8 Å². The van der Waals surface area contributed by atoms with E-state index < -0.39 is 0 Å². The number of nitrogens with one attached hydrogen (secondary N) is 1. The molecule has 1 aromatic rings. The number of carbonyl (C=O) groups excluding carboxylic acids is 1. The molecule has 20 heavy (non-hydrogen) atoms. The van der Waals surface area contributed by atoms with Crippen LogP contribution in [0.4, 0.5) is 0 Å². The summed E-state index contributed by atoms with van der Waals surface area (Å²) in [6.07, 6.45) is 3.01. The largest absolute Gasteiger partial charge is 0.493 e. The van der Waals surface area contributed by atoms with Gasteiger partial charge in [-0.3, -0.25) is 4.79 Å². The highest BCUT2D eigenvalue weighted by molar-refractivity contribution is 5.76. The van der Waals surface area contributed by atoms with Gasteiger partial charge in [-0.1, -0.05) is 18.6 Å². The fourth-order valence-electron chi connectivity index (χ4n) is 2.56. The van der Waals surface area contributed by atoms with Gasteiger partial charge in [0.1, 0.15) is 5.75 Å². The Balaban J connectivity index is 1.63. The first-order valence-electron chi connectivity index (χ1n) is 7.29. The molecule has 2 N–H and O–H groups in total. The third-order valence-electron chi connectivity index (χ3n) is 3.77. The SMILES string of the molecule is Cc1cccc(OCCC(=O)NCC2CCCC2O)c1. The molecule has 1 fully saturated rings. The van der Waals surface area contributed by atoms with E-state index >= 15 is 0 Å². The van der Waals surface area contributed by atoms with E-state index in [4.69, 9.17) is 4.74 Å². The predicted octanol–water partition coefficient (Wildman–Crippen LogP) is 2.04. The first-order chi connectivity index (χ1) is 9.65. The topological polar surface area (TPSA) is 58.6 Å². The third-order valence-corrected chi connectivity index (χ3v) is 3.77. The highest BCUT2D eigenvalue weighted by Crippen LogP contribution is 2.24. The smallest absolute Gasteiger partial charge is 0.223 e. The number of aryl methyl sites for hydroxylation is 1. The van der Waals surface area contributed by atoms with E-state index in [1.165, 1.54) is 0 Å². The maximum absolute atomic E-state index is 11.7. The predicted molar refractivity (Wildman–Crippen MR) is 77.6 cm³/mol. The van der Waals surface area contributed by atoms with Crippen molar-refractivity contribution >= 4 is 5.91 Å². The van der Waals surface area contributed by atoms with Gasteiger partial charge < -0.3 is 15.2 Å². The van der Waals surface area contributed by atoms with Gasteiger partial charge in [-0.2, -0.15) is 0 Å². The number of aliphatic hydroxyl groups excluding tert-OH is 1. The van der Waals surface area contributed by atoms with Gasteiger partial charge in [-0.05, 0) is 37.5 Å². The molecule has 0 aliphatic heterocycles. The third kappa shape index (κ3) is 4.53. The normalized spacial score (nSPS) is 21.7. The number of carbonyl (C=O) groups is 1. The summed E-state index contributed by atoms with van der Waals surface area (Å²) in [7, 11) is 0. The molecule has 0 heterocycles. The van der Waals surface area contributed by atoms with Crippen LogP contribution in [0.2, 0.25) is 0 Å². The van der Waals surface area contributed by atoms with Gasteiger partial charge in [0.15, 0.2) is 0 Å². The Bertz CT molecular complexity index is 447. The van der Waals surface area contributed by atoms with Crippen LogP contribution in [0, 0.1) is 12.8 Å². The number of hydrogen-bond donors (Lipinski definition) is 2. The molecule has 0 radical (unpaired) electrons. The van der Waals surface area contributed by atoms with Crippen LogP contribution in [0.25, 0.3) is 0 Å². The summed E-state index contributed by atoms with van der Waals surface area (Å²) >= 11 is 0. The van der Waals surface area contributed by atoms with E-state index in [-0.39, 0.29) is 17.9 Å². The molecule has 0 aromatic heterocycles.